The Balaban J connectivity index is 1.33. The maximum atomic E-state index is 13.0. The van der Waals surface area contributed by atoms with E-state index in [2.05, 4.69) is 11.1 Å². The molecule has 0 aromatic heterocycles. The van der Waals surface area contributed by atoms with Crippen LogP contribution in [0, 0.1) is 0 Å². The first-order valence-corrected chi connectivity index (χ1v) is 16.0. The molecule has 1 amide bonds. The number of esters is 1. The van der Waals surface area contributed by atoms with Crippen molar-refractivity contribution in [3.63, 3.8) is 0 Å². The summed E-state index contributed by atoms with van der Waals surface area (Å²) in [6.07, 6.45) is -4.92. The van der Waals surface area contributed by atoms with Crippen molar-refractivity contribution >= 4 is 73.9 Å². The average molecular weight is 687 g/mol. The second kappa shape index (κ2) is 15.2. The number of benzene rings is 4. The van der Waals surface area contributed by atoms with E-state index < -0.39 is 46.4 Å². The molecule has 0 saturated carbocycles. The summed E-state index contributed by atoms with van der Waals surface area (Å²) in [5.74, 6) is -1.62. The lowest BCUT2D eigenvalue weighted by Crippen LogP contribution is -2.59. The number of carbonyl (C=O) groups is 2. The van der Waals surface area contributed by atoms with Crippen molar-refractivity contribution in [2.24, 2.45) is 4.99 Å². The standard InChI is InChI=1S/C35H34Cl3NO7/c1-21(39-34(42)35(36,37)38)11-16-29(40)46-32-31(44-20-24-13-15-26-8-4-6-10-28(26)18-24)30(22(2)45-33(32)41)43-19-23-12-14-25-7-3-5-9-27(25)17-23/h3-10,12-15,17-18,22,30-33,41H,11,16,19-20H2,1-2H3/t22-,30-,31+,32+,33+/m0/s1. The highest BCUT2D eigenvalue weighted by molar-refractivity contribution is 6.76. The highest BCUT2D eigenvalue weighted by Crippen LogP contribution is 2.30. The first-order valence-electron chi connectivity index (χ1n) is 14.8. The van der Waals surface area contributed by atoms with Crippen LogP contribution in [0.1, 0.15) is 37.8 Å². The quantitative estimate of drug-likeness (QED) is 0.107. The van der Waals surface area contributed by atoms with Gasteiger partial charge in [-0.1, -0.05) is 108 Å². The molecule has 1 saturated heterocycles. The van der Waals surface area contributed by atoms with E-state index in [-0.39, 0.29) is 31.8 Å². The number of halogens is 3. The van der Waals surface area contributed by atoms with Gasteiger partial charge >= 0.3 is 5.97 Å². The average Bonchev–Trinajstić information content (AvgIpc) is 3.03. The van der Waals surface area contributed by atoms with Crippen molar-refractivity contribution in [3.8, 4) is 0 Å². The Morgan fingerprint density at radius 3 is 1.85 bits per heavy atom. The molecular weight excluding hydrogens is 653 g/mol. The molecule has 1 fully saturated rings. The van der Waals surface area contributed by atoms with Crippen molar-refractivity contribution in [1.82, 2.24) is 0 Å². The minimum atomic E-state index is -2.19. The number of rotatable bonds is 10. The molecule has 1 aliphatic heterocycles. The lowest BCUT2D eigenvalue weighted by Gasteiger charge is -2.43. The number of aliphatic imine (C=N–C) groups is 1. The highest BCUT2D eigenvalue weighted by Gasteiger charge is 2.47. The summed E-state index contributed by atoms with van der Waals surface area (Å²) >= 11 is 16.8. The van der Waals surface area contributed by atoms with E-state index in [0.717, 1.165) is 32.7 Å². The zero-order valence-electron chi connectivity index (χ0n) is 25.3. The van der Waals surface area contributed by atoms with Crippen molar-refractivity contribution < 1.29 is 33.6 Å². The minimum absolute atomic E-state index is 0.0654. The third kappa shape index (κ3) is 8.83. The van der Waals surface area contributed by atoms with Gasteiger partial charge in [0.05, 0.1) is 25.7 Å². The fourth-order valence-electron chi connectivity index (χ4n) is 5.36. The van der Waals surface area contributed by atoms with Gasteiger partial charge in [-0.05, 0) is 65.1 Å². The molecule has 1 N–H and O–H groups in total. The Morgan fingerprint density at radius 2 is 1.30 bits per heavy atom. The lowest BCUT2D eigenvalue weighted by molar-refractivity contribution is -0.300. The molecule has 0 unspecified atom stereocenters. The van der Waals surface area contributed by atoms with E-state index in [4.69, 9.17) is 53.8 Å². The maximum absolute atomic E-state index is 13.0. The Morgan fingerprint density at radius 1 is 0.783 bits per heavy atom. The summed E-state index contributed by atoms with van der Waals surface area (Å²) in [4.78, 5) is 28.6. The van der Waals surface area contributed by atoms with Gasteiger partial charge in [-0.25, -0.2) is 4.99 Å². The van der Waals surface area contributed by atoms with Crippen LogP contribution in [0.2, 0.25) is 0 Å². The van der Waals surface area contributed by atoms with E-state index in [1.807, 2.05) is 78.9 Å². The monoisotopic (exact) mass is 685 g/mol. The van der Waals surface area contributed by atoms with Gasteiger partial charge in [0.15, 0.2) is 12.4 Å². The normalized spacial score (nSPS) is 22.2. The number of alkyl halides is 3. The molecule has 5 atom stereocenters. The highest BCUT2D eigenvalue weighted by atomic mass is 35.6. The molecule has 0 aliphatic carbocycles. The summed E-state index contributed by atoms with van der Waals surface area (Å²) in [6, 6.07) is 28.1. The van der Waals surface area contributed by atoms with Crippen molar-refractivity contribution in [2.45, 2.75) is 74.4 Å². The van der Waals surface area contributed by atoms with E-state index in [1.54, 1.807) is 6.92 Å². The smallest absolute Gasteiger partial charge is 0.306 e. The molecule has 1 aliphatic rings. The Kier molecular flexibility index (Phi) is 11.3. The number of nitrogens with zero attached hydrogens (tertiary/aromatic N) is 1. The molecule has 46 heavy (non-hydrogen) atoms. The van der Waals surface area contributed by atoms with E-state index in [1.165, 1.54) is 6.92 Å². The predicted molar refractivity (Wildman–Crippen MR) is 179 cm³/mol. The van der Waals surface area contributed by atoms with Crippen LogP contribution in [0.25, 0.3) is 21.5 Å². The summed E-state index contributed by atoms with van der Waals surface area (Å²) < 4.78 is 22.1. The van der Waals surface area contributed by atoms with Gasteiger partial charge in [-0.2, -0.15) is 0 Å². The number of fused-ring (bicyclic) bond motifs is 2. The van der Waals surface area contributed by atoms with Crippen LogP contribution in [-0.4, -0.2) is 57.2 Å². The number of aliphatic hydroxyl groups excluding tert-OH is 1. The second-order valence-corrected chi connectivity index (χ2v) is 13.5. The minimum Gasteiger partial charge on any atom is -0.454 e. The second-order valence-electron chi connectivity index (χ2n) is 11.3. The third-order valence-electron chi connectivity index (χ3n) is 7.75. The Hall–Kier alpha value is -3.08. The summed E-state index contributed by atoms with van der Waals surface area (Å²) in [5, 5.41) is 15.3. The lowest BCUT2D eigenvalue weighted by atomic mass is 9.98. The number of aliphatic hydroxyl groups is 1. The van der Waals surface area contributed by atoms with Crippen molar-refractivity contribution in [2.75, 3.05) is 0 Å². The van der Waals surface area contributed by atoms with E-state index in [0.29, 0.717) is 0 Å². The van der Waals surface area contributed by atoms with Crippen LogP contribution < -0.4 is 0 Å². The van der Waals surface area contributed by atoms with Crippen LogP contribution >= 0.6 is 34.8 Å². The number of hydrogen-bond acceptors (Lipinski definition) is 7. The van der Waals surface area contributed by atoms with Crippen molar-refractivity contribution in [1.29, 1.82) is 0 Å². The molecule has 4 aromatic rings. The Bertz CT molecular complexity index is 1720. The number of ether oxygens (including phenoxy) is 4. The van der Waals surface area contributed by atoms with Gasteiger partial charge in [0.2, 0.25) is 0 Å². The molecule has 5 rings (SSSR count). The molecule has 4 aromatic carbocycles. The molecule has 8 nitrogen and oxygen atoms in total. The molecular formula is C35H34Cl3NO7. The van der Waals surface area contributed by atoms with Crippen LogP contribution in [0.5, 0.6) is 0 Å². The summed E-state index contributed by atoms with van der Waals surface area (Å²) in [6.45, 7) is 3.72. The van der Waals surface area contributed by atoms with Gasteiger partial charge in [0.25, 0.3) is 9.70 Å². The van der Waals surface area contributed by atoms with Crippen LogP contribution in [0.4, 0.5) is 0 Å². The maximum Gasteiger partial charge on any atom is 0.306 e. The topological polar surface area (TPSA) is 104 Å². The third-order valence-corrected chi connectivity index (χ3v) is 8.24. The zero-order chi connectivity index (χ0) is 32.8. The van der Waals surface area contributed by atoms with Gasteiger partial charge in [0, 0.05) is 5.71 Å². The number of amides is 1. The molecule has 0 radical (unpaired) electrons. The van der Waals surface area contributed by atoms with E-state index >= 15 is 0 Å². The SMILES string of the molecule is CC(CCC(=O)O[C@@H]1[C@H](OCc2ccc3ccccc3c2)[C@@H](OCc2ccc3ccccc3c2)[C@H](C)O[C@H]1O)=NC(=O)C(Cl)(Cl)Cl. The fraction of sp³-hybridized carbons (Fsp3) is 0.343. The van der Waals surface area contributed by atoms with Gasteiger partial charge in [0.1, 0.15) is 12.2 Å². The molecule has 11 heteroatoms. The summed E-state index contributed by atoms with van der Waals surface area (Å²) in [7, 11) is 0. The molecule has 0 spiro atoms. The molecule has 242 valence electrons. The van der Waals surface area contributed by atoms with E-state index in [9.17, 15) is 14.7 Å². The predicted octanol–water partition coefficient (Wildman–Crippen LogP) is 7.25. The molecule has 0 bridgehead atoms. The van der Waals surface area contributed by atoms with Crippen LogP contribution in [-0.2, 0) is 41.8 Å². The van der Waals surface area contributed by atoms with Crippen molar-refractivity contribution in [3.05, 3.63) is 96.1 Å². The first-order chi connectivity index (χ1) is 22.0. The Labute approximate surface area is 282 Å². The van der Waals surface area contributed by atoms with Gasteiger partial charge < -0.3 is 24.1 Å². The summed E-state index contributed by atoms with van der Waals surface area (Å²) in [5.41, 5.74) is 2.12. The molecule has 1 heterocycles. The first kappa shape index (κ1) is 34.3. The zero-order valence-corrected chi connectivity index (χ0v) is 27.5. The number of hydrogen-bond donors (Lipinski definition) is 1. The van der Waals surface area contributed by atoms with Crippen LogP contribution in [0.15, 0.2) is 89.9 Å². The van der Waals surface area contributed by atoms with Gasteiger partial charge in [-0.3, -0.25) is 9.59 Å². The fourth-order valence-corrected chi connectivity index (χ4v) is 5.49. The van der Waals surface area contributed by atoms with Crippen LogP contribution in [0.3, 0.4) is 0 Å². The largest absolute Gasteiger partial charge is 0.454 e. The number of carbonyl (C=O) groups excluding carboxylic acids is 2. The van der Waals surface area contributed by atoms with Gasteiger partial charge in [-0.15, -0.1) is 0 Å².